The number of carbonyl (C=O) groups is 1. The number of benzene rings is 1. The average molecular weight is 243 g/mol. The Labute approximate surface area is 96.7 Å². The lowest BCUT2D eigenvalue weighted by molar-refractivity contribution is -0.757. The second-order valence-corrected chi connectivity index (χ2v) is 3.26. The zero-order valence-corrected chi connectivity index (χ0v) is 9.05. The molecule has 0 bridgehead atoms. The minimum absolute atomic E-state index is 0.164. The van der Waals surface area contributed by atoms with Gasteiger partial charge in [-0.25, -0.2) is 4.79 Å². The average Bonchev–Trinajstić information content (AvgIpc) is 2.25. The Morgan fingerprint density at radius 3 is 2.50 bits per heavy atom. The molecule has 0 heterocycles. The quantitative estimate of drug-likeness (QED) is 0.277. The van der Waals surface area contributed by atoms with Gasteiger partial charge in [-0.2, -0.15) is 0 Å². The van der Waals surface area contributed by atoms with Gasteiger partial charge in [-0.05, 0) is 24.3 Å². The molecular formula is C9H9NO5S. The SMILES string of the molecule is O=C(OCCO[N+](=O)[O-])c1ccc(S)cc1. The number of esters is 1. The third kappa shape index (κ3) is 4.18. The fourth-order valence-electron chi connectivity index (χ4n) is 0.927. The molecule has 0 atom stereocenters. The normalized spacial score (nSPS) is 9.56. The predicted molar refractivity (Wildman–Crippen MR) is 56.9 cm³/mol. The summed E-state index contributed by atoms with van der Waals surface area (Å²) in [5.74, 6) is -0.555. The van der Waals surface area contributed by atoms with Crippen molar-refractivity contribution in [2.24, 2.45) is 0 Å². The smallest absolute Gasteiger partial charge is 0.338 e. The van der Waals surface area contributed by atoms with E-state index in [9.17, 15) is 14.9 Å². The van der Waals surface area contributed by atoms with E-state index in [0.717, 1.165) is 4.90 Å². The molecule has 0 fully saturated rings. The third-order valence-electron chi connectivity index (χ3n) is 1.62. The van der Waals surface area contributed by atoms with Gasteiger partial charge in [-0.1, -0.05) is 0 Å². The van der Waals surface area contributed by atoms with Crippen LogP contribution in [0.25, 0.3) is 0 Å². The van der Waals surface area contributed by atoms with Crippen molar-refractivity contribution in [2.45, 2.75) is 4.90 Å². The molecule has 0 aliphatic rings. The topological polar surface area (TPSA) is 78.7 Å². The van der Waals surface area contributed by atoms with Crippen molar-refractivity contribution in [1.29, 1.82) is 0 Å². The summed E-state index contributed by atoms with van der Waals surface area (Å²) >= 11 is 4.06. The van der Waals surface area contributed by atoms with Crippen LogP contribution in [0.4, 0.5) is 0 Å². The van der Waals surface area contributed by atoms with Crippen LogP contribution in [-0.4, -0.2) is 24.3 Å². The van der Waals surface area contributed by atoms with E-state index in [1.807, 2.05) is 0 Å². The number of hydrogen-bond acceptors (Lipinski definition) is 6. The fourth-order valence-corrected chi connectivity index (χ4v) is 1.08. The van der Waals surface area contributed by atoms with Crippen LogP contribution >= 0.6 is 12.6 Å². The number of nitrogens with zero attached hydrogens (tertiary/aromatic N) is 1. The Bertz CT molecular complexity index is 378. The Hall–Kier alpha value is -1.76. The lowest BCUT2D eigenvalue weighted by atomic mass is 10.2. The highest BCUT2D eigenvalue weighted by atomic mass is 32.1. The van der Waals surface area contributed by atoms with Crippen molar-refractivity contribution in [2.75, 3.05) is 13.2 Å². The molecule has 0 aromatic heterocycles. The van der Waals surface area contributed by atoms with Crippen LogP contribution in [0.1, 0.15) is 10.4 Å². The summed E-state index contributed by atoms with van der Waals surface area (Å²) in [6.07, 6.45) is 0. The molecule has 1 rings (SSSR count). The number of ether oxygens (including phenoxy) is 1. The maximum atomic E-state index is 11.3. The standard InChI is InChI=1S/C9H9NO5S/c11-9(14-5-6-15-10(12)13)7-1-3-8(16)4-2-7/h1-4,16H,5-6H2. The fraction of sp³-hybridized carbons (Fsp3) is 0.222. The number of thiol groups is 1. The van der Waals surface area contributed by atoms with Gasteiger partial charge in [-0.3, -0.25) is 0 Å². The maximum Gasteiger partial charge on any atom is 0.338 e. The molecule has 86 valence electrons. The predicted octanol–water partition coefficient (Wildman–Crippen LogP) is 1.34. The first kappa shape index (κ1) is 12.3. The van der Waals surface area contributed by atoms with Crippen LogP contribution in [0, 0.1) is 10.1 Å². The van der Waals surface area contributed by atoms with Gasteiger partial charge >= 0.3 is 5.97 Å². The molecule has 0 aliphatic heterocycles. The number of rotatable bonds is 5. The molecule has 0 N–H and O–H groups in total. The zero-order chi connectivity index (χ0) is 12.0. The van der Waals surface area contributed by atoms with Gasteiger partial charge in [-0.15, -0.1) is 22.7 Å². The van der Waals surface area contributed by atoms with Crippen LogP contribution in [-0.2, 0) is 9.57 Å². The summed E-state index contributed by atoms with van der Waals surface area (Å²) in [5.41, 5.74) is 0.360. The molecule has 0 aliphatic carbocycles. The highest BCUT2D eigenvalue weighted by Gasteiger charge is 2.06. The van der Waals surface area contributed by atoms with Gasteiger partial charge in [0.1, 0.15) is 13.2 Å². The van der Waals surface area contributed by atoms with E-state index in [0.29, 0.717) is 5.56 Å². The minimum atomic E-state index is -0.941. The second kappa shape index (κ2) is 5.96. The van der Waals surface area contributed by atoms with Crippen molar-refractivity contribution < 1.29 is 19.5 Å². The summed E-state index contributed by atoms with van der Waals surface area (Å²) in [4.78, 5) is 25.8. The van der Waals surface area contributed by atoms with Gasteiger partial charge in [0, 0.05) is 4.90 Å². The van der Waals surface area contributed by atoms with Crippen molar-refractivity contribution in [3.63, 3.8) is 0 Å². The van der Waals surface area contributed by atoms with E-state index in [4.69, 9.17) is 4.74 Å². The molecule has 16 heavy (non-hydrogen) atoms. The van der Waals surface area contributed by atoms with Gasteiger partial charge in [0.2, 0.25) is 0 Å². The summed E-state index contributed by atoms with van der Waals surface area (Å²) in [5, 5.41) is 8.84. The second-order valence-electron chi connectivity index (χ2n) is 2.74. The molecule has 6 nitrogen and oxygen atoms in total. The van der Waals surface area contributed by atoms with Crippen LogP contribution < -0.4 is 0 Å². The highest BCUT2D eigenvalue weighted by molar-refractivity contribution is 7.80. The van der Waals surface area contributed by atoms with Gasteiger partial charge in [0.25, 0.3) is 5.09 Å². The largest absolute Gasteiger partial charge is 0.460 e. The van der Waals surface area contributed by atoms with E-state index < -0.39 is 11.1 Å². The zero-order valence-electron chi connectivity index (χ0n) is 8.16. The lowest BCUT2D eigenvalue weighted by Crippen LogP contribution is -2.12. The van der Waals surface area contributed by atoms with Gasteiger partial charge in [0.05, 0.1) is 5.56 Å². The highest BCUT2D eigenvalue weighted by Crippen LogP contribution is 2.08. The molecule has 0 amide bonds. The van der Waals surface area contributed by atoms with Crippen molar-refractivity contribution >= 4 is 18.6 Å². The van der Waals surface area contributed by atoms with Crippen molar-refractivity contribution in [3.8, 4) is 0 Å². The summed E-state index contributed by atoms with van der Waals surface area (Å²) in [6, 6.07) is 6.40. The lowest BCUT2D eigenvalue weighted by Gasteiger charge is -2.03. The first-order valence-corrected chi connectivity index (χ1v) is 4.78. The molecule has 0 spiro atoms. The molecule has 1 aromatic rings. The molecule has 1 aromatic carbocycles. The van der Waals surface area contributed by atoms with E-state index >= 15 is 0 Å². The summed E-state index contributed by atoms with van der Waals surface area (Å²) < 4.78 is 4.73. The minimum Gasteiger partial charge on any atom is -0.460 e. The van der Waals surface area contributed by atoms with Gasteiger partial charge < -0.3 is 9.57 Å². The van der Waals surface area contributed by atoms with E-state index in [2.05, 4.69) is 17.5 Å². The summed E-state index contributed by atoms with van der Waals surface area (Å²) in [6.45, 7) is -0.439. The third-order valence-corrected chi connectivity index (χ3v) is 1.91. The maximum absolute atomic E-state index is 11.3. The first-order valence-electron chi connectivity index (χ1n) is 4.33. The Balaban J connectivity index is 2.35. The molecule has 7 heteroatoms. The monoisotopic (exact) mass is 243 g/mol. The number of hydrogen-bond donors (Lipinski definition) is 1. The Morgan fingerprint density at radius 1 is 1.31 bits per heavy atom. The number of carbonyl (C=O) groups excluding carboxylic acids is 1. The van der Waals surface area contributed by atoms with E-state index in [-0.39, 0.29) is 13.2 Å². The molecular weight excluding hydrogens is 234 g/mol. The van der Waals surface area contributed by atoms with Crippen LogP contribution in [0.3, 0.4) is 0 Å². The van der Waals surface area contributed by atoms with Crippen LogP contribution in [0.5, 0.6) is 0 Å². The van der Waals surface area contributed by atoms with Crippen LogP contribution in [0.2, 0.25) is 0 Å². The Morgan fingerprint density at radius 2 is 1.94 bits per heavy atom. The van der Waals surface area contributed by atoms with Crippen LogP contribution in [0.15, 0.2) is 29.2 Å². The molecule has 0 radical (unpaired) electrons. The molecule has 0 saturated carbocycles. The Kier molecular flexibility index (Phi) is 4.59. The molecule has 0 saturated heterocycles. The van der Waals surface area contributed by atoms with Crippen molar-refractivity contribution in [3.05, 3.63) is 39.9 Å². The van der Waals surface area contributed by atoms with E-state index in [1.165, 1.54) is 0 Å². The van der Waals surface area contributed by atoms with E-state index in [1.54, 1.807) is 24.3 Å². The van der Waals surface area contributed by atoms with Crippen molar-refractivity contribution in [1.82, 2.24) is 0 Å². The first-order chi connectivity index (χ1) is 7.59. The summed E-state index contributed by atoms with van der Waals surface area (Å²) in [7, 11) is 0. The molecule has 0 unspecified atom stereocenters. The van der Waals surface area contributed by atoms with Gasteiger partial charge in [0.15, 0.2) is 0 Å².